The Kier molecular flexibility index (Phi) is 16.8. The van der Waals surface area contributed by atoms with Gasteiger partial charge in [-0.05, 0) is 0 Å². The van der Waals surface area contributed by atoms with Crippen molar-refractivity contribution < 1.29 is 69.6 Å². The summed E-state index contributed by atoms with van der Waals surface area (Å²) in [5, 5.41) is 12.0. The van der Waals surface area contributed by atoms with Gasteiger partial charge in [-0.25, -0.2) is 0 Å². The van der Waals surface area contributed by atoms with Crippen LogP contribution in [0.4, 0.5) is 0 Å². The van der Waals surface area contributed by atoms with E-state index in [4.69, 9.17) is 29.7 Å². The molecule has 0 aliphatic rings. The van der Waals surface area contributed by atoms with Crippen molar-refractivity contribution in [1.29, 1.82) is 0 Å². The number of hydrogen-bond donors (Lipinski definition) is 6. The van der Waals surface area contributed by atoms with Crippen LogP contribution in [-0.2, 0) is 0 Å². The third kappa shape index (κ3) is 171. The van der Waals surface area contributed by atoms with Crippen LogP contribution in [0.5, 0.6) is 0 Å². The monoisotopic (exact) mass is 362 g/mol. The maximum Gasteiger partial charge on any atom is 0.668 e. The third-order valence-electron chi connectivity index (χ3n) is 0. The van der Waals surface area contributed by atoms with Gasteiger partial charge in [0, 0.05) is 39.9 Å². The van der Waals surface area contributed by atoms with Crippen molar-refractivity contribution in [2.45, 2.75) is 0 Å². The van der Waals surface area contributed by atoms with Gasteiger partial charge in [0.25, 0.3) is 0 Å². The summed E-state index contributed by atoms with van der Waals surface area (Å²) in [6, 6.07) is 0. The molecule has 0 aromatic rings. The largest absolute Gasteiger partial charge is 0.668 e. The van der Waals surface area contributed by atoms with Crippen LogP contribution in [0.3, 0.4) is 0 Å². The van der Waals surface area contributed by atoms with Crippen molar-refractivity contribution in [3.05, 3.63) is 0 Å². The predicted octanol–water partition coefficient (Wildman–Crippen LogP) is -2.59. The number of rotatable bonds is 0. The van der Waals surface area contributed by atoms with Gasteiger partial charge in [-0.15, -0.1) is 0 Å². The molecule has 0 bridgehead atoms. The topological polar surface area (TPSA) is 121 Å². The zero-order valence-electron chi connectivity index (χ0n) is 3.68. The molecule has 0 aliphatic carbocycles. The van der Waals surface area contributed by atoms with Gasteiger partial charge in [0.1, 0.15) is 0 Å². The minimum absolute atomic E-state index is 0. The summed E-state index contributed by atoms with van der Waals surface area (Å²) in [6.07, 6.45) is 0. The van der Waals surface area contributed by atoms with E-state index in [0.29, 0.717) is 0 Å². The Hall–Kier alpha value is 1.30. The number of hydrogen-bond acceptors (Lipinski definition) is 6. The molecule has 8 heavy (non-hydrogen) atoms. The molecule has 0 aromatic heterocycles. The first-order valence-electron chi connectivity index (χ1n) is 1.09. The Morgan fingerprint density at radius 1 is 0.750 bits per heavy atom. The fourth-order valence-electron chi connectivity index (χ4n) is 0. The van der Waals surface area contributed by atoms with Crippen LogP contribution in [0.25, 0.3) is 0 Å². The summed E-state index contributed by atoms with van der Waals surface area (Å²) in [7, 11) is -4.61. The summed E-state index contributed by atoms with van der Waals surface area (Å²) in [4.78, 5) is 29.3. The standard InChI is InChI=1S/H4O4Si.H2O2.Th/c1-5(2,3)4;1-2;/h1-4H;1-2H;. The van der Waals surface area contributed by atoms with Crippen molar-refractivity contribution in [2.24, 2.45) is 0 Å². The first kappa shape index (κ1) is 16.1. The molecule has 8 heteroatoms. The fourth-order valence-corrected chi connectivity index (χ4v) is 0. The van der Waals surface area contributed by atoms with E-state index in [9.17, 15) is 0 Å². The maximum atomic E-state index is 7.33. The molecule has 0 rings (SSSR count). The zero-order chi connectivity index (χ0) is 6.50. The van der Waals surface area contributed by atoms with Crippen LogP contribution in [-0.4, -0.2) is 38.7 Å². The van der Waals surface area contributed by atoms with Crippen LogP contribution >= 0.6 is 0 Å². The van der Waals surface area contributed by atoms with Crippen LogP contribution in [0.2, 0.25) is 0 Å². The molecular formula is H6O6SiTh. The van der Waals surface area contributed by atoms with Gasteiger partial charge in [0.2, 0.25) is 0 Å². The zero-order valence-corrected chi connectivity index (χ0v) is 8.79. The maximum absolute atomic E-state index is 7.33. The first-order chi connectivity index (χ1) is 3.00. The average molecular weight is 362 g/mol. The predicted molar refractivity (Wildman–Crippen MR) is 19.9 cm³/mol. The average Bonchev–Trinajstić information content (AvgIpc) is 1.36. The second-order valence-electron chi connectivity index (χ2n) is 0.600. The minimum atomic E-state index is -4.61. The van der Waals surface area contributed by atoms with Crippen molar-refractivity contribution in [2.75, 3.05) is 0 Å². The molecule has 0 amide bonds. The van der Waals surface area contributed by atoms with Crippen LogP contribution in [0, 0.1) is 39.9 Å². The molecule has 0 aliphatic heterocycles. The third-order valence-corrected chi connectivity index (χ3v) is 0. The summed E-state index contributed by atoms with van der Waals surface area (Å²) in [5.41, 5.74) is 0. The summed E-state index contributed by atoms with van der Waals surface area (Å²) in [5.74, 6) is 0. The second kappa shape index (κ2) is 8.30. The Balaban J connectivity index is -0.0000000750. The molecular weight excluding hydrogens is 356 g/mol. The molecule has 0 saturated carbocycles. The van der Waals surface area contributed by atoms with E-state index in [1.165, 1.54) is 0 Å². The molecule has 0 atom stereocenters. The normalized spacial score (nSPS) is 8.25. The molecule has 0 heterocycles. The SMILES string of the molecule is OO.O[Si](O)(O)O.[Th]. The Morgan fingerprint density at radius 3 is 0.750 bits per heavy atom. The molecule has 0 fully saturated rings. The Labute approximate surface area is 78.1 Å². The van der Waals surface area contributed by atoms with E-state index >= 15 is 0 Å². The minimum Gasteiger partial charge on any atom is -0.368 e. The van der Waals surface area contributed by atoms with Gasteiger partial charge in [-0.1, -0.05) is 0 Å². The Morgan fingerprint density at radius 2 is 0.750 bits per heavy atom. The van der Waals surface area contributed by atoms with Gasteiger partial charge >= 0.3 is 9.05 Å². The van der Waals surface area contributed by atoms with Gasteiger partial charge in [0.05, 0.1) is 0 Å². The van der Waals surface area contributed by atoms with Crippen molar-refractivity contribution in [3.8, 4) is 0 Å². The summed E-state index contributed by atoms with van der Waals surface area (Å²) in [6.45, 7) is 0. The van der Waals surface area contributed by atoms with E-state index in [0.717, 1.165) is 0 Å². The van der Waals surface area contributed by atoms with E-state index in [-0.39, 0.29) is 39.9 Å². The van der Waals surface area contributed by atoms with Gasteiger partial charge in [-0.2, -0.15) is 0 Å². The van der Waals surface area contributed by atoms with Crippen molar-refractivity contribution in [3.63, 3.8) is 0 Å². The van der Waals surface area contributed by atoms with Gasteiger partial charge in [0.15, 0.2) is 0 Å². The van der Waals surface area contributed by atoms with Crippen LogP contribution in [0.15, 0.2) is 0 Å². The fraction of sp³-hybridized carbons (Fsp3) is 0. The quantitative estimate of drug-likeness (QED) is 0.160. The molecule has 0 radical (unpaired) electrons. The molecule has 0 aromatic carbocycles. The second-order valence-corrected chi connectivity index (χ2v) is 1.80. The molecule has 6 nitrogen and oxygen atoms in total. The smallest absolute Gasteiger partial charge is 0.368 e. The van der Waals surface area contributed by atoms with Gasteiger partial charge < -0.3 is 19.2 Å². The van der Waals surface area contributed by atoms with E-state index in [1.54, 1.807) is 0 Å². The van der Waals surface area contributed by atoms with Crippen LogP contribution < -0.4 is 0 Å². The Bertz CT molecular complexity index is 24.0. The van der Waals surface area contributed by atoms with Crippen molar-refractivity contribution >= 4 is 9.05 Å². The van der Waals surface area contributed by atoms with Crippen LogP contribution in [0.1, 0.15) is 0 Å². The molecule has 0 spiro atoms. The summed E-state index contributed by atoms with van der Waals surface area (Å²) < 4.78 is 0. The van der Waals surface area contributed by atoms with E-state index in [2.05, 4.69) is 0 Å². The molecule has 6 N–H and O–H groups in total. The first-order valence-corrected chi connectivity index (χ1v) is 2.88. The van der Waals surface area contributed by atoms with E-state index in [1.807, 2.05) is 0 Å². The van der Waals surface area contributed by atoms with Gasteiger partial charge in [-0.3, -0.25) is 10.5 Å². The molecule has 50 valence electrons. The summed E-state index contributed by atoms with van der Waals surface area (Å²) >= 11 is 0. The molecule has 0 unspecified atom stereocenters. The van der Waals surface area contributed by atoms with Crippen molar-refractivity contribution in [1.82, 2.24) is 0 Å². The van der Waals surface area contributed by atoms with E-state index < -0.39 is 9.05 Å². The molecule has 0 saturated heterocycles.